The van der Waals surface area contributed by atoms with Gasteiger partial charge in [-0.2, -0.15) is 9.61 Å². The molecule has 4 heterocycles. The molecule has 1 aliphatic rings. The van der Waals surface area contributed by atoms with Gasteiger partial charge in [0, 0.05) is 67.5 Å². The summed E-state index contributed by atoms with van der Waals surface area (Å²) < 4.78 is 12.9. The predicted molar refractivity (Wildman–Crippen MR) is 132 cm³/mol. The van der Waals surface area contributed by atoms with E-state index < -0.39 is 0 Å². The summed E-state index contributed by atoms with van der Waals surface area (Å²) in [7, 11) is 3.30. The van der Waals surface area contributed by atoms with E-state index in [1.54, 1.807) is 26.6 Å². The monoisotopic (exact) mass is 459 g/mol. The van der Waals surface area contributed by atoms with Crippen molar-refractivity contribution in [2.24, 2.45) is 0 Å². The van der Waals surface area contributed by atoms with Gasteiger partial charge in [-0.3, -0.25) is 4.98 Å². The molecule has 176 valence electrons. The smallest absolute Gasteiger partial charge is 0.158 e. The summed E-state index contributed by atoms with van der Waals surface area (Å²) in [5.74, 6) is 3.49. The maximum absolute atomic E-state index is 5.46. The van der Waals surface area contributed by atoms with E-state index in [0.29, 0.717) is 0 Å². The third-order valence-electron chi connectivity index (χ3n) is 6.33. The molecular formula is C25H29N7O2. The molecule has 0 unspecified atom stereocenters. The van der Waals surface area contributed by atoms with Crippen molar-refractivity contribution in [1.82, 2.24) is 24.6 Å². The number of aryl methyl sites for hydroxylation is 1. The van der Waals surface area contributed by atoms with Crippen LogP contribution in [0, 0.1) is 6.92 Å². The van der Waals surface area contributed by atoms with Crippen LogP contribution in [0.3, 0.4) is 0 Å². The summed E-state index contributed by atoms with van der Waals surface area (Å²) in [6, 6.07) is 7.83. The molecule has 0 aliphatic carbocycles. The molecular weight excluding hydrogens is 430 g/mol. The summed E-state index contributed by atoms with van der Waals surface area (Å²) in [4.78, 5) is 18.2. The van der Waals surface area contributed by atoms with Gasteiger partial charge < -0.3 is 19.3 Å². The van der Waals surface area contributed by atoms with Gasteiger partial charge in [-0.15, -0.1) is 0 Å². The van der Waals surface area contributed by atoms with Crippen LogP contribution in [-0.2, 0) is 6.42 Å². The summed E-state index contributed by atoms with van der Waals surface area (Å²) in [6.45, 7) is 7.72. The molecule has 34 heavy (non-hydrogen) atoms. The minimum atomic E-state index is 0.727. The number of benzene rings is 1. The lowest BCUT2D eigenvalue weighted by molar-refractivity contribution is 0.394. The minimum absolute atomic E-state index is 0.727. The Bertz CT molecular complexity index is 1280. The van der Waals surface area contributed by atoms with E-state index in [0.717, 1.165) is 78.3 Å². The fourth-order valence-electron chi connectivity index (χ4n) is 4.57. The number of rotatable bonds is 6. The van der Waals surface area contributed by atoms with Gasteiger partial charge >= 0.3 is 0 Å². The van der Waals surface area contributed by atoms with E-state index in [9.17, 15) is 0 Å². The maximum atomic E-state index is 5.46. The zero-order chi connectivity index (χ0) is 23.7. The lowest BCUT2D eigenvalue weighted by atomic mass is 10.1. The summed E-state index contributed by atoms with van der Waals surface area (Å²) in [5, 5.41) is 5.00. The highest BCUT2D eigenvalue weighted by molar-refractivity contribution is 5.70. The second-order valence-corrected chi connectivity index (χ2v) is 8.29. The molecule has 0 saturated carbocycles. The fraction of sp³-hybridized carbons (Fsp3) is 0.360. The van der Waals surface area contributed by atoms with E-state index in [2.05, 4.69) is 33.6 Å². The standard InChI is InChI=1S/C25H29N7O2/c1-5-21-17(2)28-23-15-22(18-12-19(33-3)14-20(13-18)34-4)29-32(23)25(21)31-10-8-30(9-11-31)24-16-26-6-7-27-24/h6-7,12-16H,5,8-11H2,1-4H3. The number of ether oxygens (including phenoxy) is 2. The number of methoxy groups -OCH3 is 2. The molecule has 4 aromatic rings. The highest BCUT2D eigenvalue weighted by Crippen LogP contribution is 2.32. The van der Waals surface area contributed by atoms with Crippen LogP contribution in [0.4, 0.5) is 11.6 Å². The number of anilines is 2. The normalized spacial score (nSPS) is 14.0. The largest absolute Gasteiger partial charge is 0.497 e. The molecule has 1 fully saturated rings. The molecule has 1 aromatic carbocycles. The first-order valence-electron chi connectivity index (χ1n) is 11.5. The van der Waals surface area contributed by atoms with Gasteiger partial charge in [-0.05, 0) is 25.5 Å². The van der Waals surface area contributed by atoms with Crippen LogP contribution in [0.5, 0.6) is 11.5 Å². The number of aromatic nitrogens is 5. The van der Waals surface area contributed by atoms with Crippen molar-refractivity contribution in [2.45, 2.75) is 20.3 Å². The number of nitrogens with zero attached hydrogens (tertiary/aromatic N) is 7. The van der Waals surface area contributed by atoms with Crippen molar-refractivity contribution in [3.8, 4) is 22.8 Å². The van der Waals surface area contributed by atoms with Crippen LogP contribution in [-0.4, -0.2) is 65.0 Å². The van der Waals surface area contributed by atoms with E-state index in [1.165, 1.54) is 5.56 Å². The topological polar surface area (TPSA) is 80.9 Å². The average Bonchev–Trinajstić information content (AvgIpc) is 3.31. The summed E-state index contributed by atoms with van der Waals surface area (Å²) >= 11 is 0. The highest BCUT2D eigenvalue weighted by atomic mass is 16.5. The lowest BCUT2D eigenvalue weighted by Gasteiger charge is -2.37. The van der Waals surface area contributed by atoms with Gasteiger partial charge in [0.05, 0.1) is 26.1 Å². The van der Waals surface area contributed by atoms with Crippen molar-refractivity contribution in [1.29, 1.82) is 0 Å². The molecule has 5 rings (SSSR count). The van der Waals surface area contributed by atoms with Gasteiger partial charge in [0.2, 0.25) is 0 Å². The first-order valence-corrected chi connectivity index (χ1v) is 11.5. The highest BCUT2D eigenvalue weighted by Gasteiger charge is 2.25. The molecule has 1 aliphatic heterocycles. The molecule has 3 aromatic heterocycles. The zero-order valence-electron chi connectivity index (χ0n) is 20.0. The Morgan fingerprint density at radius 1 is 0.912 bits per heavy atom. The Labute approximate surface area is 199 Å². The molecule has 0 amide bonds. The van der Waals surface area contributed by atoms with Crippen molar-refractivity contribution < 1.29 is 9.47 Å². The molecule has 9 nitrogen and oxygen atoms in total. The number of hydrogen-bond acceptors (Lipinski definition) is 8. The zero-order valence-corrected chi connectivity index (χ0v) is 20.0. The Morgan fingerprint density at radius 3 is 2.24 bits per heavy atom. The quantitative estimate of drug-likeness (QED) is 0.434. The lowest BCUT2D eigenvalue weighted by Crippen LogP contribution is -2.47. The van der Waals surface area contributed by atoms with Crippen LogP contribution >= 0.6 is 0 Å². The molecule has 0 bridgehead atoms. The average molecular weight is 460 g/mol. The van der Waals surface area contributed by atoms with E-state index in [4.69, 9.17) is 19.6 Å². The van der Waals surface area contributed by atoms with Crippen LogP contribution in [0.2, 0.25) is 0 Å². The van der Waals surface area contributed by atoms with Gasteiger partial charge in [0.25, 0.3) is 0 Å². The molecule has 0 spiro atoms. The Balaban J connectivity index is 1.54. The molecule has 1 saturated heterocycles. The molecule has 9 heteroatoms. The van der Waals surface area contributed by atoms with Crippen molar-refractivity contribution in [3.63, 3.8) is 0 Å². The van der Waals surface area contributed by atoms with Crippen LogP contribution < -0.4 is 19.3 Å². The third-order valence-corrected chi connectivity index (χ3v) is 6.33. The van der Waals surface area contributed by atoms with E-state index in [-0.39, 0.29) is 0 Å². The van der Waals surface area contributed by atoms with Gasteiger partial charge in [-0.1, -0.05) is 6.92 Å². The van der Waals surface area contributed by atoms with Crippen molar-refractivity contribution in [3.05, 3.63) is 54.1 Å². The summed E-state index contributed by atoms with van der Waals surface area (Å²) in [6.07, 6.45) is 6.16. The Morgan fingerprint density at radius 2 is 1.62 bits per heavy atom. The third kappa shape index (κ3) is 3.98. The Kier molecular flexibility index (Phi) is 5.91. The van der Waals surface area contributed by atoms with Crippen molar-refractivity contribution in [2.75, 3.05) is 50.2 Å². The predicted octanol–water partition coefficient (Wildman–Crippen LogP) is 3.40. The Hall–Kier alpha value is -3.88. The van der Waals surface area contributed by atoms with Crippen LogP contribution in [0.15, 0.2) is 42.9 Å². The number of piperazine rings is 1. The van der Waals surface area contributed by atoms with Crippen molar-refractivity contribution >= 4 is 17.3 Å². The molecule has 0 N–H and O–H groups in total. The van der Waals surface area contributed by atoms with Gasteiger partial charge in [-0.25, -0.2) is 9.97 Å². The van der Waals surface area contributed by atoms with Gasteiger partial charge in [0.15, 0.2) is 5.65 Å². The van der Waals surface area contributed by atoms with Crippen LogP contribution in [0.25, 0.3) is 16.9 Å². The van der Waals surface area contributed by atoms with E-state index in [1.807, 2.05) is 35.0 Å². The number of hydrogen-bond donors (Lipinski definition) is 0. The van der Waals surface area contributed by atoms with Crippen LogP contribution in [0.1, 0.15) is 18.2 Å². The second-order valence-electron chi connectivity index (χ2n) is 8.29. The van der Waals surface area contributed by atoms with E-state index >= 15 is 0 Å². The minimum Gasteiger partial charge on any atom is -0.497 e. The first kappa shape index (κ1) is 21.9. The molecule has 0 radical (unpaired) electrons. The SMILES string of the molecule is CCc1c(C)nc2cc(-c3cc(OC)cc(OC)c3)nn2c1N1CCN(c2cnccn2)CC1. The molecule has 0 atom stereocenters. The first-order chi connectivity index (χ1) is 16.6. The summed E-state index contributed by atoms with van der Waals surface area (Å²) in [5.41, 5.74) is 4.85. The second kappa shape index (κ2) is 9.17. The maximum Gasteiger partial charge on any atom is 0.158 e. The van der Waals surface area contributed by atoms with Gasteiger partial charge in [0.1, 0.15) is 23.1 Å². The fourth-order valence-corrected chi connectivity index (χ4v) is 4.57. The number of fused-ring (bicyclic) bond motifs is 1.